The molecule has 0 atom stereocenters. The molecule has 0 bridgehead atoms. The zero-order valence-electron chi connectivity index (χ0n) is 20.0. The van der Waals surface area contributed by atoms with Crippen molar-refractivity contribution in [1.82, 2.24) is 20.1 Å². The van der Waals surface area contributed by atoms with Crippen molar-refractivity contribution >= 4 is 35.6 Å². The van der Waals surface area contributed by atoms with Crippen LogP contribution in [0.2, 0.25) is 0 Å². The Balaban J connectivity index is 0.00000306. The highest BCUT2D eigenvalue weighted by molar-refractivity contribution is 14.0. The maximum Gasteiger partial charge on any atom is 0.208 e. The fourth-order valence-corrected chi connectivity index (χ4v) is 4.61. The number of rotatable bonds is 5. The van der Waals surface area contributed by atoms with Crippen LogP contribution in [-0.2, 0) is 6.54 Å². The Hall–Kier alpha value is -2.01. The summed E-state index contributed by atoms with van der Waals surface area (Å²) in [4.78, 5) is 16.0. The maximum atomic E-state index is 10.1. The van der Waals surface area contributed by atoms with Gasteiger partial charge in [-0.2, -0.15) is 0 Å². The van der Waals surface area contributed by atoms with E-state index < -0.39 is 0 Å². The number of likely N-dealkylation sites (tertiary alicyclic amines) is 1. The van der Waals surface area contributed by atoms with Crippen LogP contribution in [0.25, 0.3) is 0 Å². The number of phenols is 1. The van der Waals surface area contributed by atoms with Gasteiger partial charge in [-0.25, -0.2) is 4.98 Å². The van der Waals surface area contributed by atoms with Crippen molar-refractivity contribution < 1.29 is 9.52 Å². The Morgan fingerprint density at radius 2 is 1.82 bits per heavy atom. The molecule has 0 unspecified atom stereocenters. The molecule has 0 amide bonds. The van der Waals surface area contributed by atoms with Gasteiger partial charge in [0.1, 0.15) is 11.5 Å². The number of halogens is 1. The van der Waals surface area contributed by atoms with Crippen molar-refractivity contribution in [2.45, 2.75) is 33.2 Å². The summed E-state index contributed by atoms with van der Waals surface area (Å²) in [7, 11) is 1.86. The van der Waals surface area contributed by atoms with Crippen molar-refractivity contribution in [2.75, 3.05) is 57.8 Å². The Labute approximate surface area is 214 Å². The van der Waals surface area contributed by atoms with E-state index in [0.717, 1.165) is 81.3 Å². The average Bonchev–Trinajstić information content (AvgIpc) is 3.12. The number of hydrogen-bond donors (Lipinski definition) is 2. The predicted octanol–water partition coefficient (Wildman–Crippen LogP) is 3.22. The largest absolute Gasteiger partial charge is 0.506 e. The molecule has 182 valence electrons. The first-order valence-corrected chi connectivity index (χ1v) is 11.7. The minimum atomic E-state index is 0. The summed E-state index contributed by atoms with van der Waals surface area (Å²) in [5.41, 5.74) is 1.91. The number of aliphatic imine (C=N–C) groups is 1. The number of nitrogens with one attached hydrogen (secondary N) is 1. The lowest BCUT2D eigenvalue weighted by Crippen LogP contribution is -2.53. The van der Waals surface area contributed by atoms with E-state index in [0.29, 0.717) is 11.7 Å². The van der Waals surface area contributed by atoms with Gasteiger partial charge in [-0.15, -0.1) is 24.0 Å². The standard InChI is InChI=1S/C24H36N6O2.HI/c1-18-19(2)32-23(27-18)17-28-10-8-20(9-11-28)16-26-24(25-3)30-14-12-29(13-15-30)21-6-4-5-7-22(21)31;/h4-7,20,31H,8-17H2,1-3H3,(H,25,26);1H. The zero-order chi connectivity index (χ0) is 22.5. The Kier molecular flexibility index (Phi) is 9.25. The van der Waals surface area contributed by atoms with Crippen LogP contribution in [0.5, 0.6) is 5.75 Å². The monoisotopic (exact) mass is 568 g/mol. The summed E-state index contributed by atoms with van der Waals surface area (Å²) in [5, 5.41) is 13.7. The third kappa shape index (κ3) is 6.53. The fraction of sp³-hybridized carbons (Fsp3) is 0.583. The third-order valence-corrected chi connectivity index (χ3v) is 6.70. The molecule has 0 radical (unpaired) electrons. The first-order chi connectivity index (χ1) is 15.5. The molecule has 8 nitrogen and oxygen atoms in total. The topological polar surface area (TPSA) is 80.4 Å². The molecule has 0 aliphatic carbocycles. The second kappa shape index (κ2) is 11.9. The Morgan fingerprint density at radius 3 is 2.42 bits per heavy atom. The molecular weight excluding hydrogens is 531 g/mol. The van der Waals surface area contributed by atoms with Gasteiger partial charge in [-0.3, -0.25) is 9.89 Å². The number of nitrogens with zero attached hydrogens (tertiary/aromatic N) is 5. The molecule has 3 heterocycles. The van der Waals surface area contributed by atoms with Gasteiger partial charge in [0.2, 0.25) is 5.89 Å². The fourth-order valence-electron chi connectivity index (χ4n) is 4.61. The summed E-state index contributed by atoms with van der Waals surface area (Å²) < 4.78 is 5.74. The van der Waals surface area contributed by atoms with Crippen LogP contribution in [0.15, 0.2) is 33.7 Å². The molecule has 9 heteroatoms. The number of phenolic OH excluding ortho intramolecular Hbond substituents is 1. The lowest BCUT2D eigenvalue weighted by Gasteiger charge is -2.38. The van der Waals surface area contributed by atoms with Gasteiger partial charge in [0.25, 0.3) is 0 Å². The van der Waals surface area contributed by atoms with Crippen LogP contribution in [0, 0.1) is 19.8 Å². The van der Waals surface area contributed by atoms with Gasteiger partial charge in [0.05, 0.1) is 17.9 Å². The number of anilines is 1. The van der Waals surface area contributed by atoms with Crippen molar-refractivity contribution in [2.24, 2.45) is 10.9 Å². The third-order valence-electron chi connectivity index (χ3n) is 6.70. The van der Waals surface area contributed by atoms with Crippen LogP contribution < -0.4 is 10.2 Å². The highest BCUT2D eigenvalue weighted by atomic mass is 127. The second-order valence-corrected chi connectivity index (χ2v) is 8.86. The smallest absolute Gasteiger partial charge is 0.208 e. The molecule has 2 aromatic rings. The van der Waals surface area contributed by atoms with E-state index in [2.05, 4.69) is 30.0 Å². The molecule has 2 aliphatic heterocycles. The molecule has 2 N–H and O–H groups in total. The van der Waals surface area contributed by atoms with Crippen LogP contribution >= 0.6 is 24.0 Å². The minimum Gasteiger partial charge on any atom is -0.506 e. The first-order valence-electron chi connectivity index (χ1n) is 11.7. The summed E-state index contributed by atoms with van der Waals surface area (Å²) in [6, 6.07) is 7.57. The van der Waals surface area contributed by atoms with E-state index in [-0.39, 0.29) is 24.0 Å². The maximum absolute atomic E-state index is 10.1. The molecule has 2 aliphatic rings. The number of piperazine rings is 1. The number of aromatic hydroxyl groups is 1. The zero-order valence-corrected chi connectivity index (χ0v) is 22.3. The summed E-state index contributed by atoms with van der Waals surface area (Å²) in [6.07, 6.45) is 2.34. The molecular formula is C24H37IN6O2. The number of piperidine rings is 1. The van der Waals surface area contributed by atoms with Gasteiger partial charge < -0.3 is 24.6 Å². The van der Waals surface area contributed by atoms with Gasteiger partial charge in [-0.05, 0) is 57.8 Å². The van der Waals surface area contributed by atoms with Gasteiger partial charge in [0.15, 0.2) is 5.96 Å². The van der Waals surface area contributed by atoms with Crippen LogP contribution in [0.4, 0.5) is 5.69 Å². The second-order valence-electron chi connectivity index (χ2n) is 8.86. The average molecular weight is 569 g/mol. The van der Waals surface area contributed by atoms with E-state index >= 15 is 0 Å². The highest BCUT2D eigenvalue weighted by Crippen LogP contribution is 2.27. The molecule has 1 aromatic heterocycles. The number of aryl methyl sites for hydroxylation is 2. The van der Waals surface area contributed by atoms with E-state index in [4.69, 9.17) is 4.42 Å². The molecule has 4 rings (SSSR count). The minimum absolute atomic E-state index is 0. The van der Waals surface area contributed by atoms with Crippen molar-refractivity contribution in [3.8, 4) is 5.75 Å². The summed E-state index contributed by atoms with van der Waals surface area (Å²) in [6.45, 7) is 11.4. The molecule has 33 heavy (non-hydrogen) atoms. The Morgan fingerprint density at radius 1 is 1.12 bits per heavy atom. The van der Waals surface area contributed by atoms with E-state index in [1.807, 2.05) is 39.1 Å². The number of guanidine groups is 1. The van der Waals surface area contributed by atoms with Crippen LogP contribution in [0.1, 0.15) is 30.2 Å². The first kappa shape index (κ1) is 25.6. The molecule has 0 saturated carbocycles. The number of para-hydroxylation sites is 2. The van der Waals surface area contributed by atoms with Crippen LogP contribution in [0.3, 0.4) is 0 Å². The lowest BCUT2D eigenvalue weighted by atomic mass is 9.97. The van der Waals surface area contributed by atoms with E-state index in [1.165, 1.54) is 12.8 Å². The molecule has 0 spiro atoms. The number of hydrogen-bond acceptors (Lipinski definition) is 6. The van der Waals surface area contributed by atoms with Gasteiger partial charge >= 0.3 is 0 Å². The molecule has 2 fully saturated rings. The quantitative estimate of drug-likeness (QED) is 0.326. The number of oxazole rings is 1. The molecule has 2 saturated heterocycles. The normalized spacial score (nSPS) is 18.3. The van der Waals surface area contributed by atoms with Crippen molar-refractivity contribution in [3.05, 3.63) is 41.6 Å². The van der Waals surface area contributed by atoms with Gasteiger partial charge in [0, 0.05) is 39.8 Å². The van der Waals surface area contributed by atoms with Crippen molar-refractivity contribution in [1.29, 1.82) is 0 Å². The summed E-state index contributed by atoms with van der Waals surface area (Å²) in [5.74, 6) is 3.74. The highest BCUT2D eigenvalue weighted by Gasteiger charge is 2.24. The van der Waals surface area contributed by atoms with E-state index in [1.54, 1.807) is 6.07 Å². The van der Waals surface area contributed by atoms with E-state index in [9.17, 15) is 5.11 Å². The molecule has 1 aromatic carbocycles. The number of benzene rings is 1. The predicted molar refractivity (Wildman–Crippen MR) is 143 cm³/mol. The van der Waals surface area contributed by atoms with Crippen molar-refractivity contribution in [3.63, 3.8) is 0 Å². The van der Waals surface area contributed by atoms with Gasteiger partial charge in [-0.1, -0.05) is 12.1 Å². The SMILES string of the molecule is CN=C(NCC1CCN(Cc2nc(C)c(C)o2)CC1)N1CCN(c2ccccc2O)CC1.I. The lowest BCUT2D eigenvalue weighted by molar-refractivity contribution is 0.163. The van der Waals surface area contributed by atoms with Crippen LogP contribution in [-0.4, -0.2) is 78.7 Å². The Bertz CT molecular complexity index is 898. The number of aromatic nitrogens is 1. The summed E-state index contributed by atoms with van der Waals surface area (Å²) >= 11 is 0.